The molecule has 2 aromatic rings. The van der Waals surface area contributed by atoms with Crippen LogP contribution >= 0.6 is 0 Å². The maximum Gasteiger partial charge on any atom is 0.238 e. The summed E-state index contributed by atoms with van der Waals surface area (Å²) in [6, 6.07) is 15.3. The molecule has 3 N–H and O–H groups in total. The number of carbonyl (C=O) groups is 3. The van der Waals surface area contributed by atoms with Gasteiger partial charge in [0.25, 0.3) is 0 Å². The van der Waals surface area contributed by atoms with Gasteiger partial charge in [0.1, 0.15) is 0 Å². The molecular formula is C26H33N5O3. The average Bonchev–Trinajstić information content (AvgIpc) is 2.84. The molecule has 1 unspecified atom stereocenters. The maximum atomic E-state index is 13.0. The highest BCUT2D eigenvalue weighted by molar-refractivity contribution is 5.93. The first kappa shape index (κ1) is 23.9. The van der Waals surface area contributed by atoms with Gasteiger partial charge in [-0.3, -0.25) is 24.2 Å². The van der Waals surface area contributed by atoms with Crippen molar-refractivity contribution >= 4 is 23.4 Å². The third-order valence-corrected chi connectivity index (χ3v) is 6.78. The Morgan fingerprint density at radius 1 is 0.941 bits per heavy atom. The van der Waals surface area contributed by atoms with E-state index in [0.717, 1.165) is 28.8 Å². The first-order valence-corrected chi connectivity index (χ1v) is 11.9. The van der Waals surface area contributed by atoms with Gasteiger partial charge in [-0.15, -0.1) is 0 Å². The lowest BCUT2D eigenvalue weighted by Gasteiger charge is -2.38. The maximum absolute atomic E-state index is 13.0. The second-order valence-corrected chi connectivity index (χ2v) is 9.01. The number of hydrogen-bond acceptors (Lipinski definition) is 5. The number of nitrogens with two attached hydrogens (primary N) is 1. The molecule has 0 aliphatic carbocycles. The van der Waals surface area contributed by atoms with Gasteiger partial charge < -0.3 is 16.0 Å². The fourth-order valence-corrected chi connectivity index (χ4v) is 4.80. The summed E-state index contributed by atoms with van der Waals surface area (Å²) in [5, 5.41) is 3.01. The van der Waals surface area contributed by atoms with Gasteiger partial charge in [-0.1, -0.05) is 49.4 Å². The standard InChI is InChI=1S/C26H33N5O3/c1-2-19-7-5-6-10-22(19)28-24(32)17-29-11-13-30(14-12-29)25(33)18-31-16-21-9-4-3-8-20(21)15-23(31)26(27)34/h3-10,23H,2,11-18H2,1H3,(H2,27,34)(H,28,32). The molecule has 0 aromatic heterocycles. The van der Waals surface area contributed by atoms with Crippen LogP contribution in [0.2, 0.25) is 0 Å². The summed E-state index contributed by atoms with van der Waals surface area (Å²) < 4.78 is 0. The molecule has 1 atom stereocenters. The van der Waals surface area contributed by atoms with Crippen molar-refractivity contribution < 1.29 is 14.4 Å². The van der Waals surface area contributed by atoms with E-state index in [-0.39, 0.29) is 18.4 Å². The smallest absolute Gasteiger partial charge is 0.238 e. The summed E-state index contributed by atoms with van der Waals surface area (Å²) >= 11 is 0. The van der Waals surface area contributed by atoms with Crippen LogP contribution in [0.1, 0.15) is 23.6 Å². The molecule has 34 heavy (non-hydrogen) atoms. The van der Waals surface area contributed by atoms with Crippen molar-refractivity contribution in [2.24, 2.45) is 5.73 Å². The van der Waals surface area contributed by atoms with E-state index < -0.39 is 11.9 Å². The fraction of sp³-hybridized carbons (Fsp3) is 0.423. The van der Waals surface area contributed by atoms with E-state index in [4.69, 9.17) is 5.73 Å². The SMILES string of the molecule is CCc1ccccc1NC(=O)CN1CCN(C(=O)CN2Cc3ccccc3CC2C(N)=O)CC1. The van der Waals surface area contributed by atoms with Gasteiger partial charge in [-0.2, -0.15) is 0 Å². The van der Waals surface area contributed by atoms with Crippen molar-refractivity contribution in [3.63, 3.8) is 0 Å². The number of amides is 3. The minimum atomic E-state index is -0.477. The van der Waals surface area contributed by atoms with E-state index in [2.05, 4.69) is 17.1 Å². The number of hydrogen-bond donors (Lipinski definition) is 2. The Kier molecular flexibility index (Phi) is 7.59. The van der Waals surface area contributed by atoms with Crippen LogP contribution in [0.25, 0.3) is 0 Å². The summed E-state index contributed by atoms with van der Waals surface area (Å²) in [7, 11) is 0. The second kappa shape index (κ2) is 10.8. The third-order valence-electron chi connectivity index (χ3n) is 6.78. The number of benzene rings is 2. The summed E-state index contributed by atoms with van der Waals surface area (Å²) in [6.45, 7) is 5.45. The van der Waals surface area contributed by atoms with Crippen molar-refractivity contribution in [1.82, 2.24) is 14.7 Å². The van der Waals surface area contributed by atoms with Crippen molar-refractivity contribution in [1.29, 1.82) is 0 Å². The van der Waals surface area contributed by atoms with Crippen molar-refractivity contribution in [3.05, 3.63) is 65.2 Å². The molecule has 4 rings (SSSR count). The topological polar surface area (TPSA) is 99.0 Å². The zero-order valence-corrected chi connectivity index (χ0v) is 19.7. The Balaban J connectivity index is 1.28. The number of primary amides is 1. The van der Waals surface area contributed by atoms with Gasteiger partial charge in [-0.25, -0.2) is 0 Å². The molecule has 0 saturated carbocycles. The molecule has 0 bridgehead atoms. The number of rotatable bonds is 7. The summed E-state index contributed by atoms with van der Waals surface area (Å²) in [4.78, 5) is 43.4. The highest BCUT2D eigenvalue weighted by Gasteiger charge is 2.33. The second-order valence-electron chi connectivity index (χ2n) is 9.01. The number of anilines is 1. The van der Waals surface area contributed by atoms with Crippen molar-refractivity contribution in [3.8, 4) is 0 Å². The van der Waals surface area contributed by atoms with Gasteiger partial charge in [-0.05, 0) is 35.6 Å². The van der Waals surface area contributed by atoms with Gasteiger partial charge in [0, 0.05) is 38.4 Å². The zero-order valence-electron chi connectivity index (χ0n) is 19.7. The molecular weight excluding hydrogens is 430 g/mol. The monoisotopic (exact) mass is 463 g/mol. The number of fused-ring (bicyclic) bond motifs is 1. The molecule has 1 fully saturated rings. The minimum absolute atomic E-state index is 0.00777. The van der Waals surface area contributed by atoms with E-state index in [1.165, 1.54) is 0 Å². The molecule has 3 amide bonds. The predicted octanol–water partition coefficient (Wildman–Crippen LogP) is 1.24. The first-order chi connectivity index (χ1) is 16.4. The number of para-hydroxylation sites is 1. The Morgan fingerprint density at radius 3 is 2.32 bits per heavy atom. The summed E-state index contributed by atoms with van der Waals surface area (Å²) in [5.74, 6) is -0.452. The third kappa shape index (κ3) is 5.63. The molecule has 1 saturated heterocycles. The van der Waals surface area contributed by atoms with E-state index in [9.17, 15) is 14.4 Å². The quantitative estimate of drug-likeness (QED) is 0.644. The Morgan fingerprint density at radius 2 is 1.62 bits per heavy atom. The zero-order chi connectivity index (χ0) is 24.1. The van der Waals surface area contributed by atoms with Gasteiger partial charge in [0.15, 0.2) is 0 Å². The van der Waals surface area contributed by atoms with Crippen LogP contribution in [0.4, 0.5) is 5.69 Å². The average molecular weight is 464 g/mol. The molecule has 0 radical (unpaired) electrons. The Labute approximate surface area is 200 Å². The van der Waals surface area contributed by atoms with Crippen LogP contribution in [0, 0.1) is 0 Å². The van der Waals surface area contributed by atoms with E-state index in [1.807, 2.05) is 58.3 Å². The molecule has 2 aromatic carbocycles. The number of piperazine rings is 1. The molecule has 2 heterocycles. The van der Waals surface area contributed by atoms with E-state index in [0.29, 0.717) is 45.7 Å². The molecule has 8 nitrogen and oxygen atoms in total. The summed E-state index contributed by atoms with van der Waals surface area (Å²) in [5.41, 5.74) is 9.87. The highest BCUT2D eigenvalue weighted by Crippen LogP contribution is 2.23. The fourth-order valence-electron chi connectivity index (χ4n) is 4.80. The highest BCUT2D eigenvalue weighted by atomic mass is 16.2. The van der Waals surface area contributed by atoms with Gasteiger partial charge >= 0.3 is 0 Å². The normalized spacial score (nSPS) is 18.9. The molecule has 2 aliphatic rings. The lowest BCUT2D eigenvalue weighted by atomic mass is 9.93. The largest absolute Gasteiger partial charge is 0.368 e. The minimum Gasteiger partial charge on any atom is -0.368 e. The van der Waals surface area contributed by atoms with Crippen LogP contribution < -0.4 is 11.1 Å². The van der Waals surface area contributed by atoms with Gasteiger partial charge in [0.2, 0.25) is 17.7 Å². The van der Waals surface area contributed by atoms with E-state index >= 15 is 0 Å². The summed E-state index contributed by atoms with van der Waals surface area (Å²) in [6.07, 6.45) is 1.39. The molecule has 0 spiro atoms. The lowest BCUT2D eigenvalue weighted by Crippen LogP contribution is -2.55. The first-order valence-electron chi connectivity index (χ1n) is 11.9. The van der Waals surface area contributed by atoms with Crippen LogP contribution in [0.15, 0.2) is 48.5 Å². The molecule has 180 valence electrons. The van der Waals surface area contributed by atoms with Crippen LogP contribution in [0.5, 0.6) is 0 Å². The van der Waals surface area contributed by atoms with Crippen LogP contribution in [-0.2, 0) is 33.8 Å². The molecule has 2 aliphatic heterocycles. The Bertz CT molecular complexity index is 1050. The number of nitrogens with zero attached hydrogens (tertiary/aromatic N) is 3. The van der Waals surface area contributed by atoms with Crippen molar-refractivity contribution in [2.45, 2.75) is 32.4 Å². The van der Waals surface area contributed by atoms with Crippen molar-refractivity contribution in [2.75, 3.05) is 44.6 Å². The number of aryl methyl sites for hydroxylation is 1. The lowest BCUT2D eigenvalue weighted by molar-refractivity contribution is -0.136. The van der Waals surface area contributed by atoms with E-state index in [1.54, 1.807) is 0 Å². The number of nitrogens with one attached hydrogen (secondary N) is 1. The van der Waals surface area contributed by atoms with Crippen LogP contribution in [-0.4, -0.2) is 77.7 Å². The number of carbonyl (C=O) groups excluding carboxylic acids is 3. The Hall–Kier alpha value is -3.23. The van der Waals surface area contributed by atoms with Crippen LogP contribution in [0.3, 0.4) is 0 Å². The molecule has 8 heteroatoms. The predicted molar refractivity (Wildman–Crippen MR) is 131 cm³/mol. The van der Waals surface area contributed by atoms with Gasteiger partial charge in [0.05, 0.1) is 19.1 Å².